The maximum atomic E-state index is 12.7. The van der Waals surface area contributed by atoms with Gasteiger partial charge in [0.15, 0.2) is 5.96 Å². The number of hydrogen-bond acceptors (Lipinski definition) is 9. The fourth-order valence-corrected chi connectivity index (χ4v) is 3.57. The SMILES string of the molecule is N=C(N)NCCC[C@H](NC(=O)[C@@H](N)CS)C(=O)NCC(=O)N[C@@H](CC(=O)O)C(=O)N[C@@H](Cc1ccccc1)C(=O)O. The van der Waals surface area contributed by atoms with Gasteiger partial charge in [-0.15, -0.1) is 0 Å². The molecule has 0 aromatic heterocycles. The van der Waals surface area contributed by atoms with Gasteiger partial charge in [0.05, 0.1) is 19.0 Å². The fourth-order valence-electron chi connectivity index (χ4n) is 3.40. The molecule has 0 aliphatic rings. The van der Waals surface area contributed by atoms with Crippen molar-refractivity contribution in [3.8, 4) is 0 Å². The summed E-state index contributed by atoms with van der Waals surface area (Å²) in [4.78, 5) is 73.2. The topological polar surface area (TPSA) is 279 Å². The molecule has 0 fully saturated rings. The molecule has 0 heterocycles. The van der Waals surface area contributed by atoms with Crippen LogP contribution in [-0.2, 0) is 35.2 Å². The first-order chi connectivity index (χ1) is 19.3. The number of nitrogens with one attached hydrogen (secondary N) is 6. The van der Waals surface area contributed by atoms with Gasteiger partial charge in [0.2, 0.25) is 23.6 Å². The van der Waals surface area contributed by atoms with E-state index >= 15 is 0 Å². The van der Waals surface area contributed by atoms with Crippen LogP contribution in [0.5, 0.6) is 0 Å². The number of carboxylic acids is 2. The monoisotopic (exact) mass is 596 g/mol. The van der Waals surface area contributed by atoms with Gasteiger partial charge in [-0.25, -0.2) is 4.79 Å². The van der Waals surface area contributed by atoms with Crippen molar-refractivity contribution in [1.29, 1.82) is 5.41 Å². The highest BCUT2D eigenvalue weighted by Gasteiger charge is 2.29. The molecule has 4 amide bonds. The minimum Gasteiger partial charge on any atom is -0.481 e. The summed E-state index contributed by atoms with van der Waals surface area (Å²) in [6, 6.07) is 3.25. The average molecular weight is 597 g/mol. The van der Waals surface area contributed by atoms with E-state index in [1.165, 1.54) is 0 Å². The molecular weight excluding hydrogens is 560 g/mol. The van der Waals surface area contributed by atoms with E-state index in [0.717, 1.165) is 0 Å². The number of benzene rings is 1. The molecule has 0 saturated carbocycles. The van der Waals surface area contributed by atoms with Crippen molar-refractivity contribution < 1.29 is 39.0 Å². The lowest BCUT2D eigenvalue weighted by atomic mass is 10.1. The van der Waals surface area contributed by atoms with Crippen LogP contribution in [-0.4, -0.2) is 94.7 Å². The highest BCUT2D eigenvalue weighted by molar-refractivity contribution is 7.80. The van der Waals surface area contributed by atoms with Crippen LogP contribution in [0.3, 0.4) is 0 Å². The van der Waals surface area contributed by atoms with Crippen LogP contribution in [0.2, 0.25) is 0 Å². The maximum absolute atomic E-state index is 12.7. The molecule has 41 heavy (non-hydrogen) atoms. The molecule has 1 aromatic carbocycles. The van der Waals surface area contributed by atoms with Crippen LogP contribution < -0.4 is 38.1 Å². The Bertz CT molecular complexity index is 1090. The van der Waals surface area contributed by atoms with Crippen molar-refractivity contribution in [3.63, 3.8) is 0 Å². The second kappa shape index (κ2) is 18.1. The van der Waals surface area contributed by atoms with Crippen LogP contribution in [0.4, 0.5) is 0 Å². The van der Waals surface area contributed by atoms with E-state index in [4.69, 9.17) is 16.9 Å². The molecule has 0 saturated heterocycles. The van der Waals surface area contributed by atoms with Crippen molar-refractivity contribution in [3.05, 3.63) is 35.9 Å². The zero-order valence-electron chi connectivity index (χ0n) is 22.1. The molecular formula is C24H36N8O8S. The molecule has 0 bridgehead atoms. The van der Waals surface area contributed by atoms with Gasteiger partial charge >= 0.3 is 11.9 Å². The predicted octanol–water partition coefficient (Wildman–Crippen LogP) is -3.12. The molecule has 0 aliphatic carbocycles. The van der Waals surface area contributed by atoms with E-state index in [-0.39, 0.29) is 31.1 Å². The van der Waals surface area contributed by atoms with Crippen LogP contribution >= 0.6 is 12.6 Å². The van der Waals surface area contributed by atoms with Crippen molar-refractivity contribution in [2.75, 3.05) is 18.8 Å². The number of carbonyl (C=O) groups is 6. The highest BCUT2D eigenvalue weighted by atomic mass is 32.1. The summed E-state index contributed by atoms with van der Waals surface area (Å²) < 4.78 is 0. The molecule has 0 radical (unpaired) electrons. The Balaban J connectivity index is 2.83. The minimum absolute atomic E-state index is 0.00951. The molecule has 0 unspecified atom stereocenters. The first kappa shape index (κ1) is 34.6. The number of thiol groups is 1. The lowest BCUT2D eigenvalue weighted by Crippen LogP contribution is -2.56. The van der Waals surface area contributed by atoms with Gasteiger partial charge in [0.1, 0.15) is 18.1 Å². The summed E-state index contributed by atoms with van der Waals surface area (Å²) in [5, 5.41) is 37.6. The average Bonchev–Trinajstić information content (AvgIpc) is 2.92. The summed E-state index contributed by atoms with van der Waals surface area (Å²) in [6.07, 6.45) is -0.556. The Hall–Kier alpha value is -4.38. The van der Waals surface area contributed by atoms with Crippen LogP contribution in [0.1, 0.15) is 24.8 Å². The Labute approximate surface area is 241 Å². The number of guanidine groups is 1. The quantitative estimate of drug-likeness (QED) is 0.0349. The summed E-state index contributed by atoms with van der Waals surface area (Å²) in [7, 11) is 0. The van der Waals surface area contributed by atoms with Crippen molar-refractivity contribution in [2.45, 2.75) is 49.9 Å². The predicted molar refractivity (Wildman–Crippen MR) is 150 cm³/mol. The lowest BCUT2D eigenvalue weighted by molar-refractivity contribution is -0.143. The third kappa shape index (κ3) is 14.0. The Kier molecular flexibility index (Phi) is 15.3. The third-order valence-electron chi connectivity index (χ3n) is 5.50. The van der Waals surface area contributed by atoms with Crippen LogP contribution in [0, 0.1) is 5.41 Å². The van der Waals surface area contributed by atoms with E-state index < -0.39 is 72.7 Å². The molecule has 1 rings (SSSR count). The number of hydrogen-bond donors (Lipinski definition) is 11. The zero-order chi connectivity index (χ0) is 30.9. The van der Waals surface area contributed by atoms with Gasteiger partial charge in [-0.2, -0.15) is 12.6 Å². The van der Waals surface area contributed by atoms with Crippen molar-refractivity contribution in [1.82, 2.24) is 26.6 Å². The fraction of sp³-hybridized carbons (Fsp3) is 0.458. The van der Waals surface area contributed by atoms with E-state index in [0.29, 0.717) is 12.0 Å². The van der Waals surface area contributed by atoms with Gasteiger partial charge in [-0.3, -0.25) is 29.4 Å². The van der Waals surface area contributed by atoms with E-state index in [2.05, 4.69) is 39.2 Å². The number of rotatable bonds is 18. The van der Waals surface area contributed by atoms with E-state index in [1.807, 2.05) is 0 Å². The number of aliphatic carboxylic acids is 2. The van der Waals surface area contributed by atoms with Gasteiger partial charge in [0, 0.05) is 18.7 Å². The van der Waals surface area contributed by atoms with Gasteiger partial charge < -0.3 is 48.3 Å². The molecule has 0 spiro atoms. The van der Waals surface area contributed by atoms with Gasteiger partial charge in [-0.1, -0.05) is 30.3 Å². The van der Waals surface area contributed by atoms with E-state index in [9.17, 15) is 39.0 Å². The maximum Gasteiger partial charge on any atom is 0.326 e. The minimum atomic E-state index is -1.64. The number of nitrogens with two attached hydrogens (primary N) is 2. The summed E-state index contributed by atoms with van der Waals surface area (Å²) in [5.41, 5.74) is 11.5. The Morgan fingerprint density at radius 2 is 1.51 bits per heavy atom. The molecule has 226 valence electrons. The smallest absolute Gasteiger partial charge is 0.326 e. The first-order valence-electron chi connectivity index (χ1n) is 12.4. The Morgan fingerprint density at radius 3 is 2.07 bits per heavy atom. The Morgan fingerprint density at radius 1 is 0.878 bits per heavy atom. The molecule has 12 N–H and O–H groups in total. The number of carbonyl (C=O) groups excluding carboxylic acids is 4. The molecule has 17 heteroatoms. The van der Waals surface area contributed by atoms with Crippen LogP contribution in [0.15, 0.2) is 30.3 Å². The van der Waals surface area contributed by atoms with Gasteiger partial charge in [-0.05, 0) is 18.4 Å². The molecule has 1 aromatic rings. The number of amides is 4. The van der Waals surface area contributed by atoms with Gasteiger partial charge in [0.25, 0.3) is 0 Å². The second-order valence-electron chi connectivity index (χ2n) is 8.86. The van der Waals surface area contributed by atoms with E-state index in [1.54, 1.807) is 30.3 Å². The largest absolute Gasteiger partial charge is 0.481 e. The summed E-state index contributed by atoms with van der Waals surface area (Å²) in [6.45, 7) is -0.465. The zero-order valence-corrected chi connectivity index (χ0v) is 23.0. The molecule has 0 aliphatic heterocycles. The lowest BCUT2D eigenvalue weighted by Gasteiger charge is -2.22. The number of carboxylic acid groups (broad SMARTS) is 2. The van der Waals surface area contributed by atoms with Crippen molar-refractivity contribution >= 4 is 54.2 Å². The van der Waals surface area contributed by atoms with Crippen molar-refractivity contribution in [2.24, 2.45) is 11.5 Å². The van der Waals surface area contributed by atoms with Crippen LogP contribution in [0.25, 0.3) is 0 Å². The standard InChI is InChI=1S/C24H36N8O8S/c25-14(12-41)20(36)31-15(7-4-8-28-24(26)27)21(37)29-11-18(33)30-16(10-19(34)35)22(38)32-17(23(39)40)9-13-5-2-1-3-6-13/h1-3,5-6,14-17,41H,4,7-12,25H2,(H,29,37)(H,30,33)(H,31,36)(H,32,38)(H,34,35)(H,39,40)(H4,26,27,28)/t14-,15-,16-,17-/m0/s1. The molecule has 4 atom stereocenters. The molecule has 16 nitrogen and oxygen atoms in total. The second-order valence-corrected chi connectivity index (χ2v) is 9.22. The first-order valence-corrected chi connectivity index (χ1v) is 13.1. The summed E-state index contributed by atoms with van der Waals surface area (Å²) >= 11 is 3.94. The summed E-state index contributed by atoms with van der Waals surface area (Å²) in [5.74, 6) is -6.48. The highest BCUT2D eigenvalue weighted by Crippen LogP contribution is 2.05. The normalized spacial score (nSPS) is 13.4. The third-order valence-corrected chi connectivity index (χ3v) is 5.90.